The molecule has 0 aromatic rings. The number of methoxy groups -OCH3 is 1. The summed E-state index contributed by atoms with van der Waals surface area (Å²) in [7, 11) is 5.93. The lowest BCUT2D eigenvalue weighted by atomic mass is 10.3. The maximum atomic E-state index is 5.72. The van der Waals surface area contributed by atoms with E-state index >= 15 is 0 Å². The molecule has 0 aliphatic carbocycles. The van der Waals surface area contributed by atoms with Gasteiger partial charge in [0, 0.05) is 26.1 Å². The van der Waals surface area contributed by atoms with Gasteiger partial charge < -0.3 is 9.64 Å². The summed E-state index contributed by atoms with van der Waals surface area (Å²) in [6, 6.07) is 0. The molecule has 3 nitrogen and oxygen atoms in total. The van der Waals surface area contributed by atoms with Gasteiger partial charge in [-0.05, 0) is 33.6 Å². The van der Waals surface area contributed by atoms with Gasteiger partial charge in [-0.15, -0.1) is 11.6 Å². The minimum absolute atomic E-state index is 0.700. The van der Waals surface area contributed by atoms with Crippen molar-refractivity contribution in [2.75, 3.05) is 59.9 Å². The molecule has 0 aliphatic rings. The van der Waals surface area contributed by atoms with E-state index in [1.54, 1.807) is 7.11 Å². The van der Waals surface area contributed by atoms with E-state index < -0.39 is 0 Å². The second-order valence-corrected chi connectivity index (χ2v) is 4.06. The van der Waals surface area contributed by atoms with Gasteiger partial charge in [-0.25, -0.2) is 0 Å². The van der Waals surface area contributed by atoms with Crippen LogP contribution in [0.1, 0.15) is 6.42 Å². The number of rotatable bonds is 9. The quantitative estimate of drug-likeness (QED) is 0.544. The Morgan fingerprint density at radius 1 is 1.07 bits per heavy atom. The first kappa shape index (κ1) is 14.2. The Kier molecular flexibility index (Phi) is 9.83. The van der Waals surface area contributed by atoms with E-state index in [1.807, 2.05) is 0 Å². The van der Waals surface area contributed by atoms with Crippen LogP contribution < -0.4 is 0 Å². The summed E-state index contributed by atoms with van der Waals surface area (Å²) in [4.78, 5) is 4.55. The van der Waals surface area contributed by atoms with E-state index in [-0.39, 0.29) is 0 Å². The van der Waals surface area contributed by atoms with Crippen molar-refractivity contribution in [2.45, 2.75) is 6.42 Å². The average Bonchev–Trinajstić information content (AvgIpc) is 2.13. The topological polar surface area (TPSA) is 15.7 Å². The fourth-order valence-corrected chi connectivity index (χ4v) is 1.52. The van der Waals surface area contributed by atoms with Gasteiger partial charge in [-0.2, -0.15) is 0 Å². The van der Waals surface area contributed by atoms with Crippen LogP contribution in [0.3, 0.4) is 0 Å². The van der Waals surface area contributed by atoms with Crippen LogP contribution in [0.2, 0.25) is 0 Å². The predicted octanol–water partition coefficient (Wildman–Crippen LogP) is 1.13. The van der Waals surface area contributed by atoms with Crippen LogP contribution in [0, 0.1) is 0 Å². The van der Waals surface area contributed by atoms with E-state index in [4.69, 9.17) is 16.3 Å². The molecule has 0 spiro atoms. The van der Waals surface area contributed by atoms with Crippen molar-refractivity contribution in [3.05, 3.63) is 0 Å². The van der Waals surface area contributed by atoms with E-state index in [1.165, 1.54) is 6.42 Å². The lowest BCUT2D eigenvalue weighted by Gasteiger charge is -2.21. The minimum atomic E-state index is 0.700. The molecule has 0 rings (SSSR count). The standard InChI is InChI=1S/C10H23ClN2O/c1-12(2)6-4-7-13(8-5-11)9-10-14-3/h4-10H2,1-3H3. The van der Waals surface area contributed by atoms with Crippen molar-refractivity contribution in [2.24, 2.45) is 0 Å². The number of hydrogen-bond donors (Lipinski definition) is 0. The average molecular weight is 223 g/mol. The zero-order valence-corrected chi connectivity index (χ0v) is 10.4. The summed E-state index contributed by atoms with van der Waals surface area (Å²) >= 11 is 5.72. The summed E-state index contributed by atoms with van der Waals surface area (Å²) in [5, 5.41) is 0. The summed E-state index contributed by atoms with van der Waals surface area (Å²) in [6.07, 6.45) is 1.19. The van der Waals surface area contributed by atoms with Gasteiger partial charge >= 0.3 is 0 Å². The molecule has 0 amide bonds. The number of nitrogens with zero attached hydrogens (tertiary/aromatic N) is 2. The highest BCUT2D eigenvalue weighted by atomic mass is 35.5. The van der Waals surface area contributed by atoms with Gasteiger partial charge in [0.15, 0.2) is 0 Å². The predicted molar refractivity (Wildman–Crippen MR) is 62.2 cm³/mol. The number of ether oxygens (including phenoxy) is 1. The third-order valence-corrected chi connectivity index (χ3v) is 2.26. The lowest BCUT2D eigenvalue weighted by molar-refractivity contribution is 0.149. The molecule has 0 bridgehead atoms. The van der Waals surface area contributed by atoms with Crippen LogP contribution in [0.25, 0.3) is 0 Å². The van der Waals surface area contributed by atoms with Crippen molar-refractivity contribution in [1.29, 1.82) is 0 Å². The molecule has 86 valence electrons. The molecule has 14 heavy (non-hydrogen) atoms. The minimum Gasteiger partial charge on any atom is -0.383 e. The maximum Gasteiger partial charge on any atom is 0.0589 e. The third kappa shape index (κ3) is 8.75. The molecule has 0 atom stereocenters. The summed E-state index contributed by atoms with van der Waals surface area (Å²) in [6.45, 7) is 4.97. The second kappa shape index (κ2) is 9.71. The van der Waals surface area contributed by atoms with Crippen LogP contribution in [0.5, 0.6) is 0 Å². The number of alkyl halides is 1. The van der Waals surface area contributed by atoms with Gasteiger partial charge in [-0.1, -0.05) is 0 Å². The normalized spacial score (nSPS) is 11.6. The fraction of sp³-hybridized carbons (Fsp3) is 1.00. The molecule has 0 saturated heterocycles. The van der Waals surface area contributed by atoms with Crippen molar-refractivity contribution in [3.8, 4) is 0 Å². The molecule has 0 fully saturated rings. The van der Waals surface area contributed by atoms with E-state index in [9.17, 15) is 0 Å². The monoisotopic (exact) mass is 222 g/mol. The summed E-state index contributed by atoms with van der Waals surface area (Å²) in [5.41, 5.74) is 0. The Morgan fingerprint density at radius 2 is 1.79 bits per heavy atom. The smallest absolute Gasteiger partial charge is 0.0589 e. The summed E-state index contributed by atoms with van der Waals surface area (Å²) < 4.78 is 5.05. The molecule has 0 aromatic heterocycles. The van der Waals surface area contributed by atoms with E-state index in [0.717, 1.165) is 32.8 Å². The Bertz CT molecular complexity index is 123. The Hall–Kier alpha value is 0.170. The van der Waals surface area contributed by atoms with Crippen LogP contribution in [-0.2, 0) is 4.74 Å². The third-order valence-electron chi connectivity index (χ3n) is 2.09. The van der Waals surface area contributed by atoms with Crippen molar-refractivity contribution in [1.82, 2.24) is 9.80 Å². The van der Waals surface area contributed by atoms with Crippen LogP contribution in [0.4, 0.5) is 0 Å². The van der Waals surface area contributed by atoms with Crippen LogP contribution >= 0.6 is 11.6 Å². The maximum absolute atomic E-state index is 5.72. The molecule has 0 heterocycles. The molecule has 0 radical (unpaired) electrons. The molecular weight excluding hydrogens is 200 g/mol. The van der Waals surface area contributed by atoms with Crippen LogP contribution in [0.15, 0.2) is 0 Å². The molecule has 0 saturated carbocycles. The first-order chi connectivity index (χ1) is 6.70. The zero-order chi connectivity index (χ0) is 10.8. The highest BCUT2D eigenvalue weighted by Gasteiger charge is 2.03. The summed E-state index contributed by atoms with van der Waals surface area (Å²) in [5.74, 6) is 0.700. The molecule has 0 aliphatic heterocycles. The van der Waals surface area contributed by atoms with Crippen molar-refractivity contribution >= 4 is 11.6 Å². The molecular formula is C10H23ClN2O. The van der Waals surface area contributed by atoms with Crippen molar-refractivity contribution in [3.63, 3.8) is 0 Å². The fourth-order valence-electron chi connectivity index (χ4n) is 1.29. The van der Waals surface area contributed by atoms with Gasteiger partial charge in [-0.3, -0.25) is 4.90 Å². The van der Waals surface area contributed by atoms with E-state index in [0.29, 0.717) is 5.88 Å². The first-order valence-electron chi connectivity index (χ1n) is 5.12. The van der Waals surface area contributed by atoms with Gasteiger partial charge in [0.25, 0.3) is 0 Å². The largest absolute Gasteiger partial charge is 0.383 e. The van der Waals surface area contributed by atoms with Crippen molar-refractivity contribution < 1.29 is 4.74 Å². The molecule has 0 N–H and O–H groups in total. The Labute approximate surface area is 93.0 Å². The Balaban J connectivity index is 3.50. The van der Waals surface area contributed by atoms with Gasteiger partial charge in [0.1, 0.15) is 0 Å². The van der Waals surface area contributed by atoms with Crippen LogP contribution in [-0.4, -0.2) is 69.7 Å². The Morgan fingerprint density at radius 3 is 2.29 bits per heavy atom. The molecule has 0 unspecified atom stereocenters. The van der Waals surface area contributed by atoms with E-state index in [2.05, 4.69) is 23.9 Å². The number of halogens is 1. The second-order valence-electron chi connectivity index (χ2n) is 3.68. The molecule has 0 aromatic carbocycles. The zero-order valence-electron chi connectivity index (χ0n) is 9.63. The van der Waals surface area contributed by atoms with Gasteiger partial charge in [0.05, 0.1) is 6.61 Å². The SMILES string of the molecule is COCCN(CCCl)CCCN(C)C. The van der Waals surface area contributed by atoms with Gasteiger partial charge in [0.2, 0.25) is 0 Å². The highest BCUT2D eigenvalue weighted by Crippen LogP contribution is 1.94. The lowest BCUT2D eigenvalue weighted by Crippen LogP contribution is -2.32. The highest BCUT2D eigenvalue weighted by molar-refractivity contribution is 6.18. The number of hydrogen-bond acceptors (Lipinski definition) is 3. The first-order valence-corrected chi connectivity index (χ1v) is 5.66. The molecule has 4 heteroatoms.